The van der Waals surface area contributed by atoms with E-state index in [0.717, 1.165) is 57.9 Å². The van der Waals surface area contributed by atoms with E-state index in [0.29, 0.717) is 12.6 Å². The predicted octanol–water partition coefficient (Wildman–Crippen LogP) is 2.33. The number of benzene rings is 2. The molecule has 0 radical (unpaired) electrons. The Morgan fingerprint density at radius 3 is 2.67 bits per heavy atom. The topological polar surface area (TPSA) is 86.0 Å². The van der Waals surface area contributed by atoms with Crippen molar-refractivity contribution in [2.45, 2.75) is 38.4 Å². The van der Waals surface area contributed by atoms with Gasteiger partial charge in [0, 0.05) is 51.5 Å². The molecule has 4 rings (SSSR count). The fourth-order valence-electron chi connectivity index (χ4n) is 4.85. The molecule has 0 aliphatic carbocycles. The van der Waals surface area contributed by atoms with Gasteiger partial charge >= 0.3 is 0 Å². The van der Waals surface area contributed by atoms with Gasteiger partial charge < -0.3 is 21.3 Å². The summed E-state index contributed by atoms with van der Waals surface area (Å²) in [6.07, 6.45) is 3.03. The predicted molar refractivity (Wildman–Crippen MR) is 134 cm³/mol. The van der Waals surface area contributed by atoms with Gasteiger partial charge in [0.1, 0.15) is 0 Å². The van der Waals surface area contributed by atoms with E-state index in [1.807, 2.05) is 7.05 Å². The molecule has 0 aromatic heterocycles. The molecule has 2 fully saturated rings. The van der Waals surface area contributed by atoms with Gasteiger partial charge in [0.2, 0.25) is 5.91 Å². The Balaban J connectivity index is 1.26. The minimum Gasteiger partial charge on any atom is -0.369 e. The van der Waals surface area contributed by atoms with E-state index in [4.69, 9.17) is 5.73 Å². The molecule has 2 unspecified atom stereocenters. The Kier molecular flexibility index (Phi) is 7.83. The van der Waals surface area contributed by atoms with Crippen LogP contribution >= 0.6 is 0 Å². The van der Waals surface area contributed by atoms with Crippen molar-refractivity contribution in [3.05, 3.63) is 65.7 Å². The Morgan fingerprint density at radius 2 is 1.88 bits per heavy atom. The van der Waals surface area contributed by atoms with Gasteiger partial charge in [0.05, 0.1) is 5.92 Å². The monoisotopic (exact) mass is 448 g/mol. The number of nitrogens with one attached hydrogen (secondary N) is 2. The van der Waals surface area contributed by atoms with Gasteiger partial charge in [0.15, 0.2) is 5.96 Å². The standard InChI is InChI=1S/C26H36N6O/c1-28-26(30-23-12-14-32(19-23)24-10-3-2-4-11-24)29-16-20-7-5-8-21(15-20)17-31-13-6-9-22(18-31)25(27)33/h2-5,7-8,10-11,15,22-23H,6,9,12-14,16-19H2,1H3,(H2,27,33)(H2,28,29,30). The number of para-hydroxylation sites is 1. The summed E-state index contributed by atoms with van der Waals surface area (Å²) < 4.78 is 0. The van der Waals surface area contributed by atoms with Gasteiger partial charge in [-0.15, -0.1) is 0 Å². The van der Waals surface area contributed by atoms with Crippen molar-refractivity contribution in [2.24, 2.45) is 16.6 Å². The second kappa shape index (κ2) is 11.2. The number of nitrogens with zero attached hydrogens (tertiary/aromatic N) is 3. The number of likely N-dealkylation sites (tertiary alicyclic amines) is 1. The Morgan fingerprint density at radius 1 is 1.06 bits per heavy atom. The fourth-order valence-corrected chi connectivity index (χ4v) is 4.85. The quantitative estimate of drug-likeness (QED) is 0.447. The van der Waals surface area contributed by atoms with Crippen LogP contribution in [-0.2, 0) is 17.9 Å². The van der Waals surface area contributed by atoms with Crippen LogP contribution in [0, 0.1) is 5.92 Å². The van der Waals surface area contributed by atoms with E-state index >= 15 is 0 Å². The van der Waals surface area contributed by atoms with E-state index in [1.54, 1.807) is 0 Å². The summed E-state index contributed by atoms with van der Waals surface area (Å²) in [7, 11) is 1.82. The molecule has 0 bridgehead atoms. The molecule has 7 nitrogen and oxygen atoms in total. The maximum absolute atomic E-state index is 11.6. The summed E-state index contributed by atoms with van der Waals surface area (Å²) in [4.78, 5) is 20.7. The lowest BCUT2D eigenvalue weighted by Gasteiger charge is -2.31. The molecule has 2 aromatic rings. The highest BCUT2D eigenvalue weighted by molar-refractivity contribution is 5.80. The summed E-state index contributed by atoms with van der Waals surface area (Å²) in [6, 6.07) is 19.6. The number of guanidine groups is 1. The number of rotatable bonds is 7. The third kappa shape index (κ3) is 6.48. The van der Waals surface area contributed by atoms with Crippen molar-refractivity contribution >= 4 is 17.6 Å². The summed E-state index contributed by atoms with van der Waals surface area (Å²) in [5.41, 5.74) is 9.28. The van der Waals surface area contributed by atoms with Crippen molar-refractivity contribution in [1.82, 2.24) is 15.5 Å². The fraction of sp³-hybridized carbons (Fsp3) is 0.462. The molecular weight excluding hydrogens is 412 g/mol. The first kappa shape index (κ1) is 23.1. The van der Waals surface area contributed by atoms with Crippen molar-refractivity contribution < 1.29 is 4.79 Å². The molecule has 7 heteroatoms. The molecule has 0 saturated carbocycles. The number of carbonyl (C=O) groups is 1. The minimum atomic E-state index is -0.175. The van der Waals surface area contributed by atoms with Gasteiger partial charge in [-0.1, -0.05) is 42.5 Å². The number of primary amides is 1. The van der Waals surface area contributed by atoms with Crippen LogP contribution < -0.4 is 21.3 Å². The second-order valence-corrected chi connectivity index (χ2v) is 9.13. The van der Waals surface area contributed by atoms with E-state index < -0.39 is 0 Å². The zero-order valence-electron chi connectivity index (χ0n) is 19.5. The molecule has 2 aliphatic rings. The SMILES string of the molecule is CN=C(NCc1cccc(CN2CCCC(C(N)=O)C2)c1)NC1CCN(c2ccccc2)C1. The lowest BCUT2D eigenvalue weighted by molar-refractivity contribution is -0.123. The number of anilines is 1. The number of carbonyl (C=O) groups excluding carboxylic acids is 1. The van der Waals surface area contributed by atoms with Crippen LogP contribution in [0.3, 0.4) is 0 Å². The normalized spacial score (nSPS) is 21.7. The average Bonchev–Trinajstić information content (AvgIpc) is 3.31. The lowest BCUT2D eigenvalue weighted by atomic mass is 9.97. The first-order valence-corrected chi connectivity index (χ1v) is 12.0. The van der Waals surface area contributed by atoms with Crippen LogP contribution in [0.25, 0.3) is 0 Å². The van der Waals surface area contributed by atoms with Gasteiger partial charge in [-0.05, 0) is 49.1 Å². The molecule has 4 N–H and O–H groups in total. The van der Waals surface area contributed by atoms with Crippen LogP contribution in [0.15, 0.2) is 59.6 Å². The zero-order chi connectivity index (χ0) is 23.0. The molecule has 2 aliphatic heterocycles. The molecule has 176 valence electrons. The Hall–Kier alpha value is -3.06. The van der Waals surface area contributed by atoms with Gasteiger partial charge in [-0.25, -0.2) is 0 Å². The number of aliphatic imine (C=N–C) groups is 1. The number of amides is 1. The highest BCUT2D eigenvalue weighted by Gasteiger charge is 2.24. The summed E-state index contributed by atoms with van der Waals surface area (Å²) in [5, 5.41) is 7.04. The Labute approximate surface area is 197 Å². The highest BCUT2D eigenvalue weighted by atomic mass is 16.1. The van der Waals surface area contributed by atoms with E-state index in [9.17, 15) is 4.79 Å². The lowest BCUT2D eigenvalue weighted by Crippen LogP contribution is -2.44. The van der Waals surface area contributed by atoms with Crippen LogP contribution in [0.4, 0.5) is 5.69 Å². The molecule has 2 aromatic carbocycles. The maximum atomic E-state index is 11.6. The van der Waals surface area contributed by atoms with E-state index in [-0.39, 0.29) is 11.8 Å². The third-order valence-electron chi connectivity index (χ3n) is 6.64. The maximum Gasteiger partial charge on any atom is 0.221 e. The summed E-state index contributed by atoms with van der Waals surface area (Å²) in [6.45, 7) is 5.37. The van der Waals surface area contributed by atoms with E-state index in [1.165, 1.54) is 16.8 Å². The molecule has 1 amide bonds. The second-order valence-electron chi connectivity index (χ2n) is 9.13. The smallest absolute Gasteiger partial charge is 0.221 e. The molecule has 2 saturated heterocycles. The van der Waals surface area contributed by atoms with Crippen LogP contribution in [0.1, 0.15) is 30.4 Å². The van der Waals surface area contributed by atoms with Crippen molar-refractivity contribution in [2.75, 3.05) is 38.1 Å². The number of hydrogen-bond donors (Lipinski definition) is 3. The average molecular weight is 449 g/mol. The van der Waals surface area contributed by atoms with Crippen LogP contribution in [0.2, 0.25) is 0 Å². The van der Waals surface area contributed by atoms with Crippen molar-refractivity contribution in [3.63, 3.8) is 0 Å². The molecule has 0 spiro atoms. The van der Waals surface area contributed by atoms with E-state index in [2.05, 4.69) is 80.0 Å². The minimum absolute atomic E-state index is 0.0219. The molecule has 2 heterocycles. The van der Waals surface area contributed by atoms with Gasteiger partial charge in [0.25, 0.3) is 0 Å². The number of hydrogen-bond acceptors (Lipinski definition) is 4. The molecule has 33 heavy (non-hydrogen) atoms. The first-order chi connectivity index (χ1) is 16.1. The highest BCUT2D eigenvalue weighted by Crippen LogP contribution is 2.20. The summed E-state index contributed by atoms with van der Waals surface area (Å²) >= 11 is 0. The van der Waals surface area contributed by atoms with Crippen molar-refractivity contribution in [3.8, 4) is 0 Å². The first-order valence-electron chi connectivity index (χ1n) is 12.0. The Bertz CT molecular complexity index is 947. The number of nitrogens with two attached hydrogens (primary N) is 1. The zero-order valence-corrected chi connectivity index (χ0v) is 19.5. The largest absolute Gasteiger partial charge is 0.369 e. The van der Waals surface area contributed by atoms with Crippen LogP contribution in [-0.4, -0.2) is 56.0 Å². The number of piperidine rings is 1. The molecule has 2 atom stereocenters. The third-order valence-corrected chi connectivity index (χ3v) is 6.64. The molecular formula is C26H36N6O. The van der Waals surface area contributed by atoms with Crippen LogP contribution in [0.5, 0.6) is 0 Å². The van der Waals surface area contributed by atoms with Crippen molar-refractivity contribution in [1.29, 1.82) is 0 Å². The van der Waals surface area contributed by atoms with Gasteiger partial charge in [-0.2, -0.15) is 0 Å². The van der Waals surface area contributed by atoms with Gasteiger partial charge in [-0.3, -0.25) is 14.7 Å². The summed E-state index contributed by atoms with van der Waals surface area (Å²) in [5.74, 6) is 0.637.